The second kappa shape index (κ2) is 10.4. The number of amides is 1. The Labute approximate surface area is 177 Å². The normalized spacial score (nSPS) is 15.1. The number of benzene rings is 2. The molecule has 1 unspecified atom stereocenters. The van der Waals surface area contributed by atoms with Crippen molar-refractivity contribution in [2.75, 3.05) is 64.9 Å². The van der Waals surface area contributed by atoms with E-state index >= 15 is 0 Å². The van der Waals surface area contributed by atoms with Gasteiger partial charge in [0.1, 0.15) is 24.7 Å². The largest absolute Gasteiger partial charge is 0.495 e. The number of piperazine rings is 1. The van der Waals surface area contributed by atoms with Gasteiger partial charge in [-0.25, -0.2) is 0 Å². The molecule has 1 N–H and O–H groups in total. The van der Waals surface area contributed by atoms with Gasteiger partial charge < -0.3 is 24.2 Å². The molecule has 0 aromatic heterocycles. The monoisotopic (exact) mass is 418 g/mol. The van der Waals surface area contributed by atoms with Gasteiger partial charge in [-0.15, -0.1) is 0 Å². The van der Waals surface area contributed by atoms with Crippen molar-refractivity contribution in [1.82, 2.24) is 4.90 Å². The third-order valence-electron chi connectivity index (χ3n) is 5.12. The number of ether oxygens (including phenoxy) is 2. The van der Waals surface area contributed by atoms with Gasteiger partial charge in [-0.3, -0.25) is 4.79 Å². The Morgan fingerprint density at radius 2 is 1.76 bits per heavy atom. The molecule has 1 saturated heterocycles. The van der Waals surface area contributed by atoms with E-state index < -0.39 is 0 Å². The molecule has 2 aromatic carbocycles. The molecule has 1 aliphatic rings. The molecule has 1 aliphatic heterocycles. The lowest BCUT2D eigenvalue weighted by Crippen LogP contribution is -3.10. The first-order chi connectivity index (χ1) is 14.1. The average Bonchev–Trinajstić information content (AvgIpc) is 2.75. The third kappa shape index (κ3) is 6.02. The van der Waals surface area contributed by atoms with Crippen molar-refractivity contribution in [2.45, 2.75) is 0 Å². The lowest BCUT2D eigenvalue weighted by atomic mass is 10.2. The van der Waals surface area contributed by atoms with Crippen molar-refractivity contribution in [1.29, 1.82) is 0 Å². The van der Waals surface area contributed by atoms with Gasteiger partial charge in [0, 0.05) is 31.2 Å². The first-order valence-corrected chi connectivity index (χ1v) is 10.3. The Morgan fingerprint density at radius 3 is 2.45 bits per heavy atom. The second-order valence-corrected chi connectivity index (χ2v) is 7.66. The van der Waals surface area contributed by atoms with E-state index in [-0.39, 0.29) is 5.91 Å². The Hall–Kier alpha value is -2.44. The summed E-state index contributed by atoms with van der Waals surface area (Å²) in [6.45, 7) is 4.86. The molecule has 1 fully saturated rings. The van der Waals surface area contributed by atoms with Crippen molar-refractivity contribution >= 4 is 23.2 Å². The number of carbonyl (C=O) groups excluding carboxylic acids is 1. The molecule has 1 amide bonds. The molecule has 0 spiro atoms. The van der Waals surface area contributed by atoms with Gasteiger partial charge in [0.05, 0.1) is 19.8 Å². The van der Waals surface area contributed by atoms with E-state index in [1.165, 1.54) is 0 Å². The van der Waals surface area contributed by atoms with Crippen LogP contribution in [0.15, 0.2) is 48.5 Å². The zero-order chi connectivity index (χ0) is 20.6. The fourth-order valence-corrected chi connectivity index (χ4v) is 3.55. The van der Waals surface area contributed by atoms with Crippen LogP contribution in [0.25, 0.3) is 0 Å². The Morgan fingerprint density at radius 1 is 1.07 bits per heavy atom. The molecule has 6 nitrogen and oxygen atoms in total. The molecular formula is C22H29ClN3O3+. The van der Waals surface area contributed by atoms with Crippen molar-refractivity contribution in [3.63, 3.8) is 0 Å². The Kier molecular flexibility index (Phi) is 7.61. The molecule has 2 aromatic rings. The summed E-state index contributed by atoms with van der Waals surface area (Å²) in [5.74, 6) is 1.85. The highest BCUT2D eigenvalue weighted by Gasteiger charge is 2.24. The maximum atomic E-state index is 12.7. The zero-order valence-corrected chi connectivity index (χ0v) is 17.8. The summed E-state index contributed by atoms with van der Waals surface area (Å²) in [4.78, 5) is 18.0. The minimum absolute atomic E-state index is 0.189. The van der Waals surface area contributed by atoms with E-state index in [2.05, 4.69) is 11.0 Å². The minimum atomic E-state index is 0.189. The highest BCUT2D eigenvalue weighted by Crippen LogP contribution is 2.28. The first kappa shape index (κ1) is 21.3. The maximum Gasteiger partial charge on any atom is 0.277 e. The molecule has 3 rings (SSSR count). The summed E-state index contributed by atoms with van der Waals surface area (Å²) >= 11 is 5.88. The van der Waals surface area contributed by atoms with Crippen LogP contribution in [0.4, 0.5) is 5.69 Å². The quantitative estimate of drug-likeness (QED) is 0.707. The van der Waals surface area contributed by atoms with Crippen LogP contribution >= 0.6 is 11.6 Å². The summed E-state index contributed by atoms with van der Waals surface area (Å²) in [7, 11) is 3.71. The lowest BCUT2D eigenvalue weighted by molar-refractivity contribution is -0.871. The van der Waals surface area contributed by atoms with Crippen molar-refractivity contribution in [2.24, 2.45) is 0 Å². The van der Waals surface area contributed by atoms with Gasteiger partial charge in [0.15, 0.2) is 6.54 Å². The van der Waals surface area contributed by atoms with Crippen LogP contribution < -0.4 is 19.3 Å². The fourth-order valence-electron chi connectivity index (χ4n) is 3.42. The maximum absolute atomic E-state index is 12.7. The van der Waals surface area contributed by atoms with Gasteiger partial charge in [-0.1, -0.05) is 23.7 Å². The number of anilines is 1. The molecule has 7 heteroatoms. The smallest absolute Gasteiger partial charge is 0.277 e. The third-order valence-corrected chi connectivity index (χ3v) is 5.37. The van der Waals surface area contributed by atoms with Crippen LogP contribution in [0.2, 0.25) is 5.02 Å². The van der Waals surface area contributed by atoms with Gasteiger partial charge >= 0.3 is 0 Å². The number of hydrogen-bond donors (Lipinski definition) is 1. The highest BCUT2D eigenvalue weighted by molar-refractivity contribution is 6.30. The first-order valence-electron chi connectivity index (χ1n) is 9.92. The molecule has 0 aliphatic carbocycles. The summed E-state index contributed by atoms with van der Waals surface area (Å²) in [5.41, 5.74) is 1.09. The second-order valence-electron chi connectivity index (χ2n) is 7.23. The van der Waals surface area contributed by atoms with Crippen molar-refractivity contribution in [3.05, 3.63) is 53.6 Å². The fraction of sp³-hybridized carbons (Fsp3) is 0.409. The lowest BCUT2D eigenvalue weighted by Gasteiger charge is -2.36. The van der Waals surface area contributed by atoms with Gasteiger partial charge in [0.2, 0.25) is 0 Å². The number of methoxy groups -OCH3 is 1. The molecule has 1 atom stereocenters. The van der Waals surface area contributed by atoms with Gasteiger partial charge in [-0.05, 0) is 36.4 Å². The summed E-state index contributed by atoms with van der Waals surface area (Å²) < 4.78 is 11.2. The molecule has 1 heterocycles. The summed E-state index contributed by atoms with van der Waals surface area (Å²) in [6, 6.07) is 15.3. The number of nitrogens with one attached hydrogen (secondary N) is 1. The standard InChI is InChI=1S/C22H28ClN3O3/c1-24(15-16-29-19-9-7-18(23)8-10-19)17-22(27)26-13-11-25(12-14-26)20-5-3-4-6-21(20)28-2/h3-10H,11-17H2,1-2H3/p+1. The molecule has 0 bridgehead atoms. The number of carbonyl (C=O) groups is 1. The minimum Gasteiger partial charge on any atom is -0.495 e. The highest BCUT2D eigenvalue weighted by atomic mass is 35.5. The molecule has 156 valence electrons. The van der Waals surface area contributed by atoms with Crippen molar-refractivity contribution in [3.8, 4) is 11.5 Å². The van der Waals surface area contributed by atoms with Crippen LogP contribution in [-0.2, 0) is 4.79 Å². The number of nitrogens with zero attached hydrogens (tertiary/aromatic N) is 2. The molecule has 29 heavy (non-hydrogen) atoms. The number of para-hydroxylation sites is 2. The Bertz CT molecular complexity index is 792. The number of rotatable bonds is 8. The van der Waals surface area contributed by atoms with Gasteiger partial charge in [0.25, 0.3) is 5.91 Å². The van der Waals surface area contributed by atoms with E-state index in [4.69, 9.17) is 21.1 Å². The van der Waals surface area contributed by atoms with Crippen molar-refractivity contribution < 1.29 is 19.2 Å². The van der Waals surface area contributed by atoms with E-state index in [1.54, 1.807) is 7.11 Å². The molecular weight excluding hydrogens is 390 g/mol. The predicted molar refractivity (Wildman–Crippen MR) is 115 cm³/mol. The van der Waals surface area contributed by atoms with Crippen LogP contribution in [0.5, 0.6) is 11.5 Å². The van der Waals surface area contributed by atoms with E-state index in [1.807, 2.05) is 54.4 Å². The Balaban J connectivity index is 1.40. The van der Waals surface area contributed by atoms with Crippen LogP contribution in [-0.4, -0.2) is 70.8 Å². The predicted octanol–water partition coefficient (Wildman–Crippen LogP) is 1.59. The SMILES string of the molecule is COc1ccccc1N1CCN(C(=O)C[NH+](C)CCOc2ccc(Cl)cc2)CC1. The molecule has 0 saturated carbocycles. The molecule has 0 radical (unpaired) electrons. The topological polar surface area (TPSA) is 46.5 Å². The number of quaternary nitrogens is 1. The van der Waals surface area contributed by atoms with Gasteiger partial charge in [-0.2, -0.15) is 0 Å². The summed E-state index contributed by atoms with van der Waals surface area (Å²) in [5, 5.41) is 0.691. The van der Waals surface area contributed by atoms with E-state index in [0.717, 1.165) is 54.8 Å². The van der Waals surface area contributed by atoms with Crippen LogP contribution in [0.3, 0.4) is 0 Å². The average molecular weight is 419 g/mol. The van der Waals surface area contributed by atoms with Crippen LogP contribution in [0, 0.1) is 0 Å². The van der Waals surface area contributed by atoms with E-state index in [9.17, 15) is 4.79 Å². The number of likely N-dealkylation sites (N-methyl/N-ethyl adjacent to an activating group) is 1. The number of halogens is 1. The van der Waals surface area contributed by atoms with Crippen LogP contribution in [0.1, 0.15) is 0 Å². The summed E-state index contributed by atoms with van der Waals surface area (Å²) in [6.07, 6.45) is 0. The zero-order valence-electron chi connectivity index (χ0n) is 17.1. The number of hydrogen-bond acceptors (Lipinski definition) is 4. The van der Waals surface area contributed by atoms with E-state index in [0.29, 0.717) is 18.2 Å².